The zero-order valence-corrected chi connectivity index (χ0v) is 60.1. The predicted molar refractivity (Wildman–Crippen MR) is 357 cm³/mol. The Bertz CT molecular complexity index is 3030. The third-order valence-electron chi connectivity index (χ3n) is 22.6. The van der Waals surface area contributed by atoms with Crippen molar-refractivity contribution in [3.05, 3.63) is 0 Å². The van der Waals surface area contributed by atoms with Crippen LogP contribution in [-0.2, 0) is 48.4 Å². The highest BCUT2D eigenvalue weighted by Gasteiger charge is 2.71. The van der Waals surface area contributed by atoms with E-state index in [1.807, 2.05) is 69.2 Å². The summed E-state index contributed by atoms with van der Waals surface area (Å²) in [5.41, 5.74) is 2.29. The molecule has 4 aliphatic heterocycles. The number of carboxylic acid groups (broad SMARTS) is 1. The fourth-order valence-corrected chi connectivity index (χ4v) is 20.0. The zero-order valence-electron chi connectivity index (χ0n) is 57.6. The Labute approximate surface area is 563 Å². The summed E-state index contributed by atoms with van der Waals surface area (Å²) >= 11 is 0. The Balaban J connectivity index is 0.000000227. The molecule has 6 aliphatic carbocycles. The highest BCUT2D eigenvalue weighted by Crippen LogP contribution is 2.66. The summed E-state index contributed by atoms with van der Waals surface area (Å²) in [5.74, 6) is -2.67. The van der Waals surface area contributed by atoms with Crippen molar-refractivity contribution in [3.8, 4) is 0 Å². The number of likely N-dealkylation sites (tertiary alicyclic amines) is 2. The van der Waals surface area contributed by atoms with Gasteiger partial charge in [-0.3, -0.25) is 24.0 Å². The Morgan fingerprint density at radius 3 is 1.26 bits per heavy atom. The van der Waals surface area contributed by atoms with Gasteiger partial charge in [0.15, 0.2) is 25.8 Å². The second kappa shape index (κ2) is 29.1. The number of carboxylic acids is 1. The number of carbonyl (C=O) groups excluding carboxylic acids is 7. The molecule has 94 heavy (non-hydrogen) atoms. The van der Waals surface area contributed by atoms with E-state index in [1.54, 1.807) is 4.90 Å². The number of nitrogens with two attached hydrogens (primary N) is 1. The van der Waals surface area contributed by atoms with Crippen molar-refractivity contribution >= 4 is 79.6 Å². The van der Waals surface area contributed by atoms with Gasteiger partial charge in [-0.05, 0) is 116 Å². The molecule has 12 N–H and O–H groups in total. The number of sulfone groups is 2. The molecule has 0 bridgehead atoms. The number of hydrogen-bond donors (Lipinski definition) is 11. The van der Waals surface area contributed by atoms with Crippen LogP contribution in [0.2, 0.25) is 0 Å². The van der Waals surface area contributed by atoms with E-state index < -0.39 is 136 Å². The van der Waals surface area contributed by atoms with Crippen LogP contribution in [0.1, 0.15) is 212 Å². The minimum absolute atomic E-state index is 0. The van der Waals surface area contributed by atoms with Crippen LogP contribution in [0, 0.1) is 45.3 Å². The van der Waals surface area contributed by atoms with Crippen LogP contribution in [0.4, 0.5) is 9.59 Å². The molecule has 25 nitrogen and oxygen atoms in total. The average molecular weight is 1390 g/mol. The van der Waals surface area contributed by atoms with Crippen LogP contribution in [0.15, 0.2) is 0 Å². The van der Waals surface area contributed by atoms with Gasteiger partial charge in [0.05, 0.1) is 39.1 Å². The van der Waals surface area contributed by atoms with Crippen molar-refractivity contribution in [2.75, 3.05) is 24.6 Å². The Hall–Kier alpha value is -4.57. The quantitative estimate of drug-likeness (QED) is 0.0762. The van der Waals surface area contributed by atoms with Crippen molar-refractivity contribution < 1.29 is 70.5 Å². The molecule has 4 saturated heterocycles. The number of fused-ring (bicyclic) bond motifs is 2. The number of urea groups is 2. The van der Waals surface area contributed by atoms with Crippen molar-refractivity contribution in [2.24, 2.45) is 51.1 Å². The topological polar surface area (TPSA) is 382 Å². The normalized spacial score (nSPS) is 30.2. The maximum atomic E-state index is 14.4. The van der Waals surface area contributed by atoms with Gasteiger partial charge in [0, 0.05) is 37.1 Å². The number of halogens is 1. The largest absolute Gasteiger partial charge is 0.480 e. The zero-order chi connectivity index (χ0) is 68.9. The molecule has 14 atom stereocenters. The van der Waals surface area contributed by atoms with E-state index >= 15 is 0 Å². The Morgan fingerprint density at radius 2 is 0.926 bits per heavy atom. The van der Waals surface area contributed by atoms with Gasteiger partial charge in [-0.1, -0.05) is 134 Å². The first-order chi connectivity index (χ1) is 43.2. The summed E-state index contributed by atoms with van der Waals surface area (Å²) in [6, 6.07) is -5.63. The molecule has 10 rings (SSSR count). The number of amides is 9. The van der Waals surface area contributed by atoms with Crippen LogP contribution in [0.3, 0.4) is 0 Å². The minimum atomic E-state index is -3.28. The molecular weight excluding hydrogens is 1270 g/mol. The summed E-state index contributed by atoms with van der Waals surface area (Å²) in [5, 5.41) is 49.2. The van der Waals surface area contributed by atoms with E-state index in [-0.39, 0.29) is 82.3 Å². The third-order valence-corrected chi connectivity index (χ3v) is 27.4. The fourth-order valence-electron chi connectivity index (χ4n) is 16.3. The lowest BCUT2D eigenvalue weighted by molar-refractivity contribution is -0.152. The lowest BCUT2D eigenvalue weighted by Gasteiger charge is -2.47. The lowest BCUT2D eigenvalue weighted by Crippen LogP contribution is -2.67. The summed E-state index contributed by atoms with van der Waals surface area (Å²) in [6.07, 6.45) is 12.7. The van der Waals surface area contributed by atoms with Gasteiger partial charge in [-0.2, -0.15) is 0 Å². The molecule has 0 aromatic carbocycles. The molecule has 2 unspecified atom stereocenters. The second-order valence-electron chi connectivity index (χ2n) is 32.4. The fraction of sp³-hybridized carbons (Fsp3) is 0.879. The van der Waals surface area contributed by atoms with Gasteiger partial charge in [0.25, 0.3) is 11.8 Å². The SMILES string of the molecule is CC(C)(C)[C@H](NC(=O)NC1([C@@H]2CCS2(=O)=O)CCCCC1)C(=O)N1C[C@H]2[C@@H]([C@H]1C(=O)O)C2(C)C.CCC[C@H](N)C(O)C(=O)NC1CC1.CCC[C@H](NC(=O)[C@@H]1[C@@H]2[C@H](CN1C(=O)[C@@H](NC(=O)NC1([C@@H]3CCS3(=O)=O)CCCCC1)C(C)(C)C)C2(C)C)C(O)C(=O)NC1CC1.Cl. The number of piperidine rings is 2. The number of aliphatic carboxylic acids is 1. The van der Waals surface area contributed by atoms with Crippen LogP contribution in [-0.4, -0.2) is 196 Å². The molecule has 0 radical (unpaired) electrons. The molecule has 10 aliphatic rings. The minimum Gasteiger partial charge on any atom is -0.480 e. The van der Waals surface area contributed by atoms with E-state index in [4.69, 9.17) is 5.73 Å². The van der Waals surface area contributed by atoms with Crippen LogP contribution < -0.4 is 43.0 Å². The van der Waals surface area contributed by atoms with Gasteiger partial charge in [0.1, 0.15) is 30.3 Å². The van der Waals surface area contributed by atoms with Gasteiger partial charge < -0.3 is 68.1 Å². The second-order valence-corrected chi connectivity index (χ2v) is 37.1. The monoisotopic (exact) mass is 1380 g/mol. The van der Waals surface area contributed by atoms with E-state index in [9.17, 15) is 70.5 Å². The first-order valence-corrected chi connectivity index (χ1v) is 38.1. The number of aliphatic hydroxyl groups is 2. The van der Waals surface area contributed by atoms with Crippen molar-refractivity contribution in [1.29, 1.82) is 0 Å². The molecule has 9 amide bonds. The Kier molecular flexibility index (Phi) is 23.8. The summed E-state index contributed by atoms with van der Waals surface area (Å²) in [4.78, 5) is 108. The number of nitrogens with zero attached hydrogens (tertiary/aromatic N) is 2. The highest BCUT2D eigenvalue weighted by atomic mass is 35.5. The standard InChI is InChI=1S/C33H55N5O7S.C24H39N3O6S.C9H18N2O2.ClH/c1-7-11-21(25(39)28(41)34-19-12-13-19)35-27(40)24-23-20(32(23,5)6)18-38(24)29(42)26(31(2,3)4)36-30(43)37-33(15-9-8-10-16-33)22-14-17-46(22,44)45;1-22(2,3)18(19(28)27-13-14-16(23(14,4)5)17(27)20(29)30)25-21(31)26-24(10-7-6-8-11-24)15-9-12-34(15,32)33;1-2-3-7(10)8(12)9(13)11-6-4-5-6;/h19-26,39H,7-18H2,1-6H3,(H,34,41)(H,35,40)(H2,36,37,43);14-18H,6-13H2,1-5H3,(H,29,30)(H2,25,26,31);6-8,12H,2-5,10H2,1H3,(H,11,13);1H/t20-,21-,22-,23-,24-,25?,26+;14-,15-,16-,17-,18+;7-,8?;/m000./s1. The molecule has 0 spiro atoms. The molecular formula is C66H113ClN10O15S2. The van der Waals surface area contributed by atoms with Gasteiger partial charge in [0.2, 0.25) is 17.7 Å². The van der Waals surface area contributed by atoms with Gasteiger partial charge >= 0.3 is 18.0 Å². The van der Waals surface area contributed by atoms with E-state index in [2.05, 4.69) is 51.1 Å². The molecule has 0 aromatic rings. The van der Waals surface area contributed by atoms with Crippen LogP contribution >= 0.6 is 12.4 Å². The number of rotatable bonds is 21. The van der Waals surface area contributed by atoms with Crippen LogP contribution in [0.25, 0.3) is 0 Å². The van der Waals surface area contributed by atoms with Crippen molar-refractivity contribution in [2.45, 2.75) is 294 Å². The summed E-state index contributed by atoms with van der Waals surface area (Å²) < 4.78 is 50.3. The third kappa shape index (κ3) is 16.8. The van der Waals surface area contributed by atoms with Gasteiger partial charge in [-0.15, -0.1) is 12.4 Å². The molecule has 28 heteroatoms. The summed E-state index contributed by atoms with van der Waals surface area (Å²) in [7, 11) is -6.50. The summed E-state index contributed by atoms with van der Waals surface area (Å²) in [6.45, 7) is 23.9. The first-order valence-electron chi connectivity index (χ1n) is 34.7. The number of aliphatic hydroxyl groups excluding tert-OH is 2. The first kappa shape index (κ1) is 76.8. The molecule has 6 saturated carbocycles. The molecule has 10 fully saturated rings. The Morgan fingerprint density at radius 1 is 0.553 bits per heavy atom. The predicted octanol–water partition coefficient (Wildman–Crippen LogP) is 4.33. The number of carbonyl (C=O) groups is 8. The smallest absolute Gasteiger partial charge is 0.326 e. The van der Waals surface area contributed by atoms with E-state index in [0.29, 0.717) is 70.9 Å². The average Bonchev–Trinajstić information content (AvgIpc) is 1.52. The highest BCUT2D eigenvalue weighted by molar-refractivity contribution is 7.93. The molecule has 4 heterocycles. The van der Waals surface area contributed by atoms with Crippen molar-refractivity contribution in [3.63, 3.8) is 0 Å². The van der Waals surface area contributed by atoms with E-state index in [1.165, 1.54) is 4.90 Å². The van der Waals surface area contributed by atoms with E-state index in [0.717, 1.165) is 70.6 Å². The van der Waals surface area contributed by atoms with Crippen LogP contribution in [0.5, 0.6) is 0 Å². The lowest BCUT2D eigenvalue weighted by atomic mass is 9.78. The molecule has 0 aromatic heterocycles. The number of hydrogen-bond acceptors (Lipinski definition) is 15. The van der Waals surface area contributed by atoms with Crippen molar-refractivity contribution in [1.82, 2.24) is 47.0 Å². The maximum absolute atomic E-state index is 14.4. The number of nitrogens with one attached hydrogen (secondary N) is 7. The molecule has 536 valence electrons. The maximum Gasteiger partial charge on any atom is 0.326 e. The van der Waals surface area contributed by atoms with Gasteiger partial charge in [-0.25, -0.2) is 31.2 Å².